The molecule has 0 saturated carbocycles. The fourth-order valence-corrected chi connectivity index (χ4v) is 3.66. The van der Waals surface area contributed by atoms with E-state index in [4.69, 9.17) is 5.73 Å². The number of fused-ring (bicyclic) bond motifs is 2. The maximum absolute atomic E-state index is 11.7. The van der Waals surface area contributed by atoms with E-state index < -0.39 is 5.91 Å². The van der Waals surface area contributed by atoms with Gasteiger partial charge in [0.1, 0.15) is 6.33 Å². The number of hydrogen-bond acceptors (Lipinski definition) is 6. The fourth-order valence-electron chi connectivity index (χ4n) is 3.66. The van der Waals surface area contributed by atoms with Gasteiger partial charge in [0.15, 0.2) is 5.69 Å². The molecule has 3 heterocycles. The Kier molecular flexibility index (Phi) is 4.10. The highest BCUT2D eigenvalue weighted by molar-refractivity contribution is 6.00. The van der Waals surface area contributed by atoms with Gasteiger partial charge < -0.3 is 15.6 Å². The minimum atomic E-state index is -0.630. The van der Waals surface area contributed by atoms with Gasteiger partial charge >= 0.3 is 0 Å². The van der Waals surface area contributed by atoms with Crippen molar-refractivity contribution in [3.63, 3.8) is 0 Å². The molecule has 3 aromatic heterocycles. The Morgan fingerprint density at radius 3 is 2.73 bits per heavy atom. The van der Waals surface area contributed by atoms with E-state index in [1.54, 1.807) is 12.4 Å². The number of anilines is 2. The largest absolute Gasteiger partial charge is 0.364 e. The van der Waals surface area contributed by atoms with Crippen molar-refractivity contribution in [2.75, 3.05) is 5.32 Å². The fraction of sp³-hybridized carbons (Fsp3) is 0.0455. The molecule has 146 valence electrons. The molecule has 8 nitrogen and oxygen atoms in total. The van der Waals surface area contributed by atoms with Crippen molar-refractivity contribution < 1.29 is 4.79 Å². The number of benzene rings is 2. The Bertz CT molecular complexity index is 1420. The molecule has 2 aromatic carbocycles. The van der Waals surface area contributed by atoms with E-state index in [0.717, 1.165) is 38.9 Å². The number of primary amides is 1. The zero-order valence-electron chi connectivity index (χ0n) is 16.1. The van der Waals surface area contributed by atoms with Gasteiger partial charge in [-0.3, -0.25) is 14.8 Å². The number of nitrogens with zero attached hydrogens (tertiary/aromatic N) is 5. The molecule has 0 aliphatic rings. The predicted octanol–water partition coefficient (Wildman–Crippen LogP) is 3.42. The van der Waals surface area contributed by atoms with Crippen molar-refractivity contribution in [1.29, 1.82) is 0 Å². The van der Waals surface area contributed by atoms with E-state index in [2.05, 4.69) is 48.0 Å². The first-order chi connectivity index (χ1) is 14.6. The summed E-state index contributed by atoms with van der Waals surface area (Å²) in [6.45, 7) is 0. The second-order valence-corrected chi connectivity index (χ2v) is 6.87. The summed E-state index contributed by atoms with van der Waals surface area (Å²) in [5.74, 6) is -0.630. The first-order valence-electron chi connectivity index (χ1n) is 9.28. The van der Waals surface area contributed by atoms with E-state index in [0.29, 0.717) is 5.69 Å². The first-order valence-corrected chi connectivity index (χ1v) is 9.28. The van der Waals surface area contributed by atoms with Crippen molar-refractivity contribution in [1.82, 2.24) is 24.5 Å². The van der Waals surface area contributed by atoms with Crippen LogP contribution < -0.4 is 11.1 Å². The molecule has 0 spiro atoms. The van der Waals surface area contributed by atoms with E-state index in [1.807, 2.05) is 31.3 Å². The molecule has 5 aromatic rings. The van der Waals surface area contributed by atoms with E-state index >= 15 is 0 Å². The molecule has 8 heteroatoms. The highest BCUT2D eigenvalue weighted by atomic mass is 16.1. The molecule has 5 rings (SSSR count). The molecule has 0 unspecified atom stereocenters. The van der Waals surface area contributed by atoms with Gasteiger partial charge in [-0.2, -0.15) is 0 Å². The standard InChI is InChI=1S/C22H17N7O/c1-29-18-5-3-2-4-13(18)8-19(29)15-9-14(10-16-20(15)26-7-6-25-16)28-17-11-24-12-27-21(17)22(23)30/h2-12,28H,1H3,(H2,23,30). The van der Waals surface area contributed by atoms with Crippen LogP contribution in [0.3, 0.4) is 0 Å². The zero-order valence-corrected chi connectivity index (χ0v) is 16.1. The average molecular weight is 395 g/mol. The van der Waals surface area contributed by atoms with Gasteiger partial charge in [-0.05, 0) is 24.3 Å². The molecule has 30 heavy (non-hydrogen) atoms. The molecule has 0 saturated heterocycles. The van der Waals surface area contributed by atoms with Gasteiger partial charge in [0.05, 0.1) is 28.6 Å². The minimum absolute atomic E-state index is 0.121. The van der Waals surface area contributed by atoms with Crippen molar-refractivity contribution in [2.24, 2.45) is 12.8 Å². The van der Waals surface area contributed by atoms with Crippen LogP contribution in [0.2, 0.25) is 0 Å². The van der Waals surface area contributed by atoms with Crippen LogP contribution in [0.15, 0.2) is 67.4 Å². The quantitative estimate of drug-likeness (QED) is 0.482. The number of hydrogen-bond donors (Lipinski definition) is 2. The smallest absolute Gasteiger partial charge is 0.269 e. The molecule has 3 N–H and O–H groups in total. The van der Waals surface area contributed by atoms with Crippen LogP contribution in [0.4, 0.5) is 11.4 Å². The molecule has 0 bridgehead atoms. The van der Waals surface area contributed by atoms with Crippen LogP contribution in [-0.2, 0) is 7.05 Å². The SMILES string of the molecule is Cn1c(-c2cc(Nc3cncnc3C(N)=O)cc3nccnc23)cc2ccccc21. The van der Waals surface area contributed by atoms with Crippen LogP contribution >= 0.6 is 0 Å². The Balaban J connectivity index is 1.71. The zero-order chi connectivity index (χ0) is 20.7. The first kappa shape index (κ1) is 17.7. The number of carbonyl (C=O) groups excluding carboxylic acids is 1. The van der Waals surface area contributed by atoms with E-state index in [1.165, 1.54) is 12.5 Å². The molecule has 0 fully saturated rings. The van der Waals surface area contributed by atoms with Crippen molar-refractivity contribution >= 4 is 39.2 Å². The number of nitrogens with two attached hydrogens (primary N) is 1. The molecule has 0 aliphatic heterocycles. The number of rotatable bonds is 4. The predicted molar refractivity (Wildman–Crippen MR) is 115 cm³/mol. The normalized spacial score (nSPS) is 11.1. The molecular formula is C22H17N7O. The van der Waals surface area contributed by atoms with Crippen LogP contribution in [0, 0.1) is 0 Å². The van der Waals surface area contributed by atoms with E-state index in [9.17, 15) is 4.79 Å². The molecule has 0 atom stereocenters. The van der Waals surface area contributed by atoms with Gasteiger partial charge in [-0.25, -0.2) is 9.97 Å². The third-order valence-electron chi connectivity index (χ3n) is 5.03. The topological polar surface area (TPSA) is 112 Å². The second-order valence-electron chi connectivity index (χ2n) is 6.87. The lowest BCUT2D eigenvalue weighted by Crippen LogP contribution is -2.15. The molecule has 0 radical (unpaired) electrons. The van der Waals surface area contributed by atoms with Crippen LogP contribution in [0.1, 0.15) is 10.5 Å². The number of para-hydroxylation sites is 1. The summed E-state index contributed by atoms with van der Waals surface area (Å²) in [5.41, 5.74) is 11.3. The van der Waals surface area contributed by atoms with Crippen LogP contribution in [-0.4, -0.2) is 30.4 Å². The van der Waals surface area contributed by atoms with Gasteiger partial charge in [0.2, 0.25) is 0 Å². The monoisotopic (exact) mass is 395 g/mol. The summed E-state index contributed by atoms with van der Waals surface area (Å²) in [7, 11) is 2.02. The van der Waals surface area contributed by atoms with Crippen molar-refractivity contribution in [3.8, 4) is 11.3 Å². The summed E-state index contributed by atoms with van der Waals surface area (Å²) in [5, 5.41) is 4.34. The third kappa shape index (κ3) is 2.91. The summed E-state index contributed by atoms with van der Waals surface area (Å²) < 4.78 is 2.13. The second kappa shape index (κ2) is 6.93. The van der Waals surface area contributed by atoms with Crippen molar-refractivity contribution in [3.05, 3.63) is 73.1 Å². The lowest BCUT2D eigenvalue weighted by atomic mass is 10.1. The highest BCUT2D eigenvalue weighted by Gasteiger charge is 2.15. The van der Waals surface area contributed by atoms with Gasteiger partial charge in [0.25, 0.3) is 5.91 Å². The number of aromatic nitrogens is 5. The Morgan fingerprint density at radius 1 is 1.07 bits per heavy atom. The Labute approximate surface area is 171 Å². The maximum Gasteiger partial charge on any atom is 0.269 e. The van der Waals surface area contributed by atoms with Crippen LogP contribution in [0.5, 0.6) is 0 Å². The third-order valence-corrected chi connectivity index (χ3v) is 5.03. The molecule has 0 aliphatic carbocycles. The lowest BCUT2D eigenvalue weighted by molar-refractivity contribution is 0.0996. The summed E-state index contributed by atoms with van der Waals surface area (Å²) in [6.07, 6.45) is 6.14. The van der Waals surface area contributed by atoms with Crippen LogP contribution in [0.25, 0.3) is 33.2 Å². The Morgan fingerprint density at radius 2 is 1.90 bits per heavy atom. The Hall–Kier alpha value is -4.33. The van der Waals surface area contributed by atoms with Gasteiger partial charge in [-0.1, -0.05) is 18.2 Å². The number of aryl methyl sites for hydroxylation is 1. The average Bonchev–Trinajstić information content (AvgIpc) is 3.10. The lowest BCUT2D eigenvalue weighted by Gasteiger charge is -2.13. The van der Waals surface area contributed by atoms with Gasteiger partial charge in [0, 0.05) is 41.6 Å². The summed E-state index contributed by atoms with van der Waals surface area (Å²) in [4.78, 5) is 28.7. The summed E-state index contributed by atoms with van der Waals surface area (Å²) in [6, 6.07) is 14.2. The van der Waals surface area contributed by atoms with E-state index in [-0.39, 0.29) is 5.69 Å². The number of carbonyl (C=O) groups is 1. The molecule has 1 amide bonds. The summed E-state index contributed by atoms with van der Waals surface area (Å²) >= 11 is 0. The number of nitrogens with one attached hydrogen (secondary N) is 1. The molecular weight excluding hydrogens is 378 g/mol. The maximum atomic E-state index is 11.7. The highest BCUT2D eigenvalue weighted by Crippen LogP contribution is 2.34. The van der Waals surface area contributed by atoms with Gasteiger partial charge in [-0.15, -0.1) is 0 Å². The van der Waals surface area contributed by atoms with Crippen molar-refractivity contribution in [2.45, 2.75) is 0 Å². The minimum Gasteiger partial charge on any atom is -0.364 e. The number of amides is 1.